The highest BCUT2D eigenvalue weighted by atomic mass is 16.5. The third kappa shape index (κ3) is 3.85. The third-order valence-electron chi connectivity index (χ3n) is 3.98. The molecule has 2 aromatic carbocycles. The predicted octanol–water partition coefficient (Wildman–Crippen LogP) is 2.23. The summed E-state index contributed by atoms with van der Waals surface area (Å²) in [4.78, 5) is 4.23. The van der Waals surface area contributed by atoms with Crippen molar-refractivity contribution in [2.24, 2.45) is 4.99 Å². The number of hydrogen-bond donors (Lipinski definition) is 2. The smallest absolute Gasteiger partial charge is 0.191 e. The van der Waals surface area contributed by atoms with Crippen LogP contribution in [0.1, 0.15) is 16.7 Å². The molecule has 1 heterocycles. The van der Waals surface area contributed by atoms with Gasteiger partial charge in [-0.1, -0.05) is 30.3 Å². The topological polar surface area (TPSA) is 69.4 Å². The molecule has 3 rings (SSSR count). The number of guanidine groups is 1. The summed E-state index contributed by atoms with van der Waals surface area (Å²) >= 11 is 0. The minimum Gasteiger partial charge on any atom is -0.488 e. The summed E-state index contributed by atoms with van der Waals surface area (Å²) in [5.41, 5.74) is 3.02. The number of hydrogen-bond acceptors (Lipinski definition) is 3. The Morgan fingerprint density at radius 3 is 2.71 bits per heavy atom. The fourth-order valence-electron chi connectivity index (χ4n) is 2.68. The van der Waals surface area contributed by atoms with Crippen molar-refractivity contribution in [1.82, 2.24) is 10.6 Å². The highest BCUT2D eigenvalue weighted by Gasteiger charge is 2.22. The van der Waals surface area contributed by atoms with Gasteiger partial charge in [0, 0.05) is 20.0 Å². The molecule has 24 heavy (non-hydrogen) atoms. The van der Waals surface area contributed by atoms with E-state index < -0.39 is 0 Å². The predicted molar refractivity (Wildman–Crippen MR) is 93.9 cm³/mol. The number of nitrogens with one attached hydrogen (secondary N) is 2. The van der Waals surface area contributed by atoms with Gasteiger partial charge in [0.15, 0.2) is 5.96 Å². The molecule has 122 valence electrons. The van der Waals surface area contributed by atoms with Crippen molar-refractivity contribution in [2.45, 2.75) is 19.1 Å². The van der Waals surface area contributed by atoms with Crippen LogP contribution < -0.4 is 15.4 Å². The van der Waals surface area contributed by atoms with Gasteiger partial charge in [0.2, 0.25) is 0 Å². The van der Waals surface area contributed by atoms with Gasteiger partial charge in [0.05, 0.1) is 18.2 Å². The molecule has 1 unspecified atom stereocenters. The summed E-state index contributed by atoms with van der Waals surface area (Å²) in [6.45, 7) is 1.35. The number of nitrogens with zero attached hydrogens (tertiary/aromatic N) is 2. The molecule has 1 aliphatic heterocycles. The molecule has 0 aliphatic carbocycles. The van der Waals surface area contributed by atoms with Gasteiger partial charge in [-0.3, -0.25) is 4.99 Å². The lowest BCUT2D eigenvalue weighted by Gasteiger charge is -2.15. The quantitative estimate of drug-likeness (QED) is 0.669. The maximum atomic E-state index is 8.82. The highest BCUT2D eigenvalue weighted by Crippen LogP contribution is 2.27. The first kappa shape index (κ1) is 15.9. The van der Waals surface area contributed by atoms with E-state index >= 15 is 0 Å². The zero-order valence-corrected chi connectivity index (χ0v) is 13.6. The molecule has 5 heteroatoms. The molecule has 5 nitrogen and oxygen atoms in total. The van der Waals surface area contributed by atoms with Crippen LogP contribution in [0.15, 0.2) is 53.5 Å². The molecule has 0 saturated heterocycles. The van der Waals surface area contributed by atoms with Gasteiger partial charge in [0.1, 0.15) is 11.9 Å². The molecule has 2 N–H and O–H groups in total. The average Bonchev–Trinajstić information content (AvgIpc) is 3.05. The second kappa shape index (κ2) is 7.51. The maximum absolute atomic E-state index is 8.82. The summed E-state index contributed by atoms with van der Waals surface area (Å²) in [5, 5.41) is 15.4. The summed E-state index contributed by atoms with van der Waals surface area (Å²) < 4.78 is 5.91. The lowest BCUT2D eigenvalue weighted by atomic mass is 10.1. The minimum atomic E-state index is 0.121. The van der Waals surface area contributed by atoms with Gasteiger partial charge in [-0.2, -0.15) is 5.26 Å². The molecule has 0 fully saturated rings. The standard InChI is InChI=1S/C19H20N4O/c1-21-19(22-12-15-8-6-14(11-20)7-9-15)23-13-17-10-16-4-2-3-5-18(16)24-17/h2-9,17H,10,12-13H2,1H3,(H2,21,22,23). The van der Waals surface area contributed by atoms with E-state index in [1.807, 2.05) is 42.5 Å². The molecular formula is C19H20N4O. The van der Waals surface area contributed by atoms with Gasteiger partial charge in [-0.05, 0) is 29.3 Å². The number of benzene rings is 2. The highest BCUT2D eigenvalue weighted by molar-refractivity contribution is 5.79. The van der Waals surface area contributed by atoms with E-state index in [4.69, 9.17) is 10.00 Å². The average molecular weight is 320 g/mol. The lowest BCUT2D eigenvalue weighted by molar-refractivity contribution is 0.235. The fraction of sp³-hybridized carbons (Fsp3) is 0.263. The van der Waals surface area contributed by atoms with Crippen LogP contribution >= 0.6 is 0 Å². The number of rotatable bonds is 4. The summed E-state index contributed by atoms with van der Waals surface area (Å²) in [6, 6.07) is 17.8. The van der Waals surface area contributed by atoms with Crippen molar-refractivity contribution in [1.29, 1.82) is 5.26 Å². The van der Waals surface area contributed by atoms with Crippen molar-refractivity contribution in [3.05, 3.63) is 65.2 Å². The number of ether oxygens (including phenoxy) is 1. The van der Waals surface area contributed by atoms with Crippen LogP contribution in [-0.4, -0.2) is 25.7 Å². The van der Waals surface area contributed by atoms with Crippen molar-refractivity contribution in [2.75, 3.05) is 13.6 Å². The Morgan fingerprint density at radius 1 is 1.21 bits per heavy atom. The number of aliphatic imine (C=N–C) groups is 1. The Morgan fingerprint density at radius 2 is 2.00 bits per heavy atom. The van der Waals surface area contributed by atoms with Crippen molar-refractivity contribution in [3.63, 3.8) is 0 Å². The second-order valence-corrected chi connectivity index (χ2v) is 5.67. The molecule has 0 bridgehead atoms. The van der Waals surface area contributed by atoms with Gasteiger partial charge in [-0.15, -0.1) is 0 Å². The van der Waals surface area contributed by atoms with E-state index in [1.165, 1.54) is 5.56 Å². The van der Waals surface area contributed by atoms with Gasteiger partial charge >= 0.3 is 0 Å². The number of nitriles is 1. The number of fused-ring (bicyclic) bond motifs is 1. The molecule has 2 aromatic rings. The van der Waals surface area contributed by atoms with Crippen LogP contribution in [0.25, 0.3) is 0 Å². The van der Waals surface area contributed by atoms with Crippen LogP contribution in [0.3, 0.4) is 0 Å². The van der Waals surface area contributed by atoms with Crippen LogP contribution in [0.5, 0.6) is 5.75 Å². The maximum Gasteiger partial charge on any atom is 0.191 e. The normalized spacial score (nSPS) is 16.0. The Bertz CT molecular complexity index is 737. The molecule has 0 aromatic heterocycles. The van der Waals surface area contributed by atoms with Crippen LogP contribution in [-0.2, 0) is 13.0 Å². The van der Waals surface area contributed by atoms with Crippen LogP contribution in [0.2, 0.25) is 0 Å². The molecular weight excluding hydrogens is 300 g/mol. The van der Waals surface area contributed by atoms with E-state index in [0.29, 0.717) is 18.7 Å². The molecule has 0 spiro atoms. The molecule has 0 saturated carbocycles. The monoisotopic (exact) mass is 320 g/mol. The second-order valence-electron chi connectivity index (χ2n) is 5.67. The lowest BCUT2D eigenvalue weighted by Crippen LogP contribution is -2.41. The summed E-state index contributed by atoms with van der Waals surface area (Å²) in [5.74, 6) is 1.71. The summed E-state index contributed by atoms with van der Waals surface area (Å²) in [6.07, 6.45) is 1.03. The summed E-state index contributed by atoms with van der Waals surface area (Å²) in [7, 11) is 1.75. The van der Waals surface area contributed by atoms with E-state index in [2.05, 4.69) is 27.8 Å². The van der Waals surface area contributed by atoms with Crippen LogP contribution in [0, 0.1) is 11.3 Å². The molecule has 0 radical (unpaired) electrons. The van der Waals surface area contributed by atoms with E-state index in [-0.39, 0.29) is 6.10 Å². The minimum absolute atomic E-state index is 0.121. The van der Waals surface area contributed by atoms with Gasteiger partial charge in [-0.25, -0.2) is 0 Å². The molecule has 0 amide bonds. The van der Waals surface area contributed by atoms with Crippen LogP contribution in [0.4, 0.5) is 0 Å². The third-order valence-corrected chi connectivity index (χ3v) is 3.98. The van der Waals surface area contributed by atoms with Crippen molar-refractivity contribution in [3.8, 4) is 11.8 Å². The van der Waals surface area contributed by atoms with E-state index in [9.17, 15) is 0 Å². The van der Waals surface area contributed by atoms with Gasteiger partial charge in [0.25, 0.3) is 0 Å². The Kier molecular flexibility index (Phi) is 4.97. The Balaban J connectivity index is 1.47. The van der Waals surface area contributed by atoms with Gasteiger partial charge < -0.3 is 15.4 Å². The van der Waals surface area contributed by atoms with Crippen molar-refractivity contribution >= 4 is 5.96 Å². The SMILES string of the molecule is CN=C(NCc1ccc(C#N)cc1)NCC1Cc2ccccc2O1. The van der Waals surface area contributed by atoms with E-state index in [1.54, 1.807) is 7.05 Å². The zero-order valence-electron chi connectivity index (χ0n) is 13.6. The fourth-order valence-corrected chi connectivity index (χ4v) is 2.68. The Hall–Kier alpha value is -3.00. The zero-order chi connectivity index (χ0) is 16.8. The van der Waals surface area contributed by atoms with Crippen molar-refractivity contribution < 1.29 is 4.74 Å². The number of para-hydroxylation sites is 1. The first-order chi connectivity index (χ1) is 11.8. The first-order valence-electron chi connectivity index (χ1n) is 7.96. The van der Waals surface area contributed by atoms with E-state index in [0.717, 1.165) is 23.7 Å². The Labute approximate surface area is 142 Å². The molecule has 1 aliphatic rings. The largest absolute Gasteiger partial charge is 0.488 e. The molecule has 1 atom stereocenters. The first-order valence-corrected chi connectivity index (χ1v) is 7.96.